The summed E-state index contributed by atoms with van der Waals surface area (Å²) in [5, 5.41) is 3.33. The molecule has 0 amide bonds. The van der Waals surface area contributed by atoms with Crippen molar-refractivity contribution in [2.75, 3.05) is 31.6 Å². The minimum Gasteiger partial charge on any atom is -0.494 e. The molecule has 0 aliphatic carbocycles. The van der Waals surface area contributed by atoms with E-state index >= 15 is 0 Å². The number of ketones is 1. The Morgan fingerprint density at radius 2 is 1.50 bits per heavy atom. The fourth-order valence-corrected chi connectivity index (χ4v) is 5.63. The van der Waals surface area contributed by atoms with Gasteiger partial charge in [0.2, 0.25) is 0 Å². The number of hydrogen-bond donors (Lipinski definition) is 1. The lowest BCUT2D eigenvalue weighted by atomic mass is 9.86. The van der Waals surface area contributed by atoms with Crippen molar-refractivity contribution in [3.63, 3.8) is 0 Å². The second-order valence-electron chi connectivity index (χ2n) is 10.4. The molecule has 3 aromatic carbocycles. The van der Waals surface area contributed by atoms with Crippen molar-refractivity contribution in [3.8, 4) is 5.75 Å². The SMILES string of the molecule is O=C(CN1CCC(CCOc2ccc(F)cc2)CC1)C1CCC(c2ccc(F)cc2)c2ccc(F)cc2N1. The first-order valence-electron chi connectivity index (χ1n) is 13.4. The Balaban J connectivity index is 1.14. The van der Waals surface area contributed by atoms with Gasteiger partial charge in [0.05, 0.1) is 19.2 Å². The van der Waals surface area contributed by atoms with E-state index in [1.165, 1.54) is 36.4 Å². The number of likely N-dealkylation sites (tertiary alicyclic amines) is 1. The monoisotopic (exact) mass is 522 g/mol. The summed E-state index contributed by atoms with van der Waals surface area (Å²) in [4.78, 5) is 15.5. The smallest absolute Gasteiger partial charge is 0.168 e. The van der Waals surface area contributed by atoms with Gasteiger partial charge in [0.15, 0.2) is 5.78 Å². The number of nitrogens with zero attached hydrogens (tertiary/aromatic N) is 1. The normalized spacial score (nSPS) is 20.3. The van der Waals surface area contributed by atoms with Crippen LogP contribution in [0, 0.1) is 23.4 Å². The highest BCUT2D eigenvalue weighted by atomic mass is 19.1. The van der Waals surface area contributed by atoms with Gasteiger partial charge in [-0.3, -0.25) is 9.69 Å². The summed E-state index contributed by atoms with van der Waals surface area (Å²) in [6, 6.07) is 16.7. The summed E-state index contributed by atoms with van der Waals surface area (Å²) < 4.78 is 46.4. The molecular weight excluding hydrogens is 489 g/mol. The van der Waals surface area contributed by atoms with E-state index in [1.54, 1.807) is 30.3 Å². The van der Waals surface area contributed by atoms with Gasteiger partial charge in [-0.05, 0) is 111 Å². The molecule has 0 radical (unpaired) electrons. The third kappa shape index (κ3) is 6.57. The fourth-order valence-electron chi connectivity index (χ4n) is 5.63. The molecule has 1 N–H and O–H groups in total. The Hall–Kier alpha value is -3.32. The molecule has 0 saturated carbocycles. The fraction of sp³-hybridized carbons (Fsp3) is 0.387. The first-order chi connectivity index (χ1) is 18.4. The molecule has 2 unspecified atom stereocenters. The topological polar surface area (TPSA) is 41.6 Å². The van der Waals surface area contributed by atoms with Gasteiger partial charge >= 0.3 is 0 Å². The zero-order chi connectivity index (χ0) is 26.5. The van der Waals surface area contributed by atoms with E-state index in [9.17, 15) is 18.0 Å². The summed E-state index contributed by atoms with van der Waals surface area (Å²) >= 11 is 0. The molecule has 7 heteroatoms. The average molecular weight is 523 g/mol. The van der Waals surface area contributed by atoms with Crippen LogP contribution in [0.3, 0.4) is 0 Å². The molecule has 1 saturated heterocycles. The van der Waals surface area contributed by atoms with E-state index in [2.05, 4.69) is 10.2 Å². The molecule has 3 aromatic rings. The maximum atomic E-state index is 14.1. The molecular formula is C31H33F3N2O2. The number of ether oxygens (including phenoxy) is 1. The minimum atomic E-state index is -0.400. The maximum Gasteiger partial charge on any atom is 0.168 e. The van der Waals surface area contributed by atoms with Crippen LogP contribution < -0.4 is 10.1 Å². The molecule has 0 bridgehead atoms. The highest BCUT2D eigenvalue weighted by Crippen LogP contribution is 2.38. The van der Waals surface area contributed by atoms with Gasteiger partial charge in [-0.2, -0.15) is 0 Å². The number of hydrogen-bond acceptors (Lipinski definition) is 4. The first-order valence-corrected chi connectivity index (χ1v) is 13.4. The third-order valence-corrected chi connectivity index (χ3v) is 7.82. The average Bonchev–Trinajstić information content (AvgIpc) is 3.11. The Morgan fingerprint density at radius 3 is 2.21 bits per heavy atom. The van der Waals surface area contributed by atoms with Crippen molar-refractivity contribution in [1.82, 2.24) is 4.90 Å². The zero-order valence-corrected chi connectivity index (χ0v) is 21.3. The molecule has 0 aromatic heterocycles. The quantitative estimate of drug-likeness (QED) is 0.364. The zero-order valence-electron chi connectivity index (χ0n) is 21.3. The molecule has 2 atom stereocenters. The van der Waals surface area contributed by atoms with Gasteiger partial charge < -0.3 is 10.1 Å². The van der Waals surface area contributed by atoms with Crippen molar-refractivity contribution in [3.05, 3.63) is 95.3 Å². The van der Waals surface area contributed by atoms with Crippen molar-refractivity contribution >= 4 is 11.5 Å². The standard InChI is InChI=1S/C31H33F3N2O2/c32-23-3-1-22(2-4-23)27-11-12-29(35-30-19-25(34)7-10-28(27)30)31(37)20-36-16-13-21(14-17-36)15-18-38-26-8-5-24(33)6-9-26/h1-10,19,21,27,29,35H,11-18,20H2. The Labute approximate surface area is 221 Å². The van der Waals surface area contributed by atoms with Crippen LogP contribution in [0.5, 0.6) is 5.75 Å². The highest BCUT2D eigenvalue weighted by Gasteiger charge is 2.30. The first kappa shape index (κ1) is 26.3. The molecule has 2 aliphatic rings. The number of carbonyl (C=O) groups excluding carboxylic acids is 1. The van der Waals surface area contributed by atoms with Crippen LogP contribution in [0.25, 0.3) is 0 Å². The van der Waals surface area contributed by atoms with E-state index in [0.717, 1.165) is 43.5 Å². The molecule has 1 fully saturated rings. The Bertz CT molecular complexity index is 1220. The molecule has 2 aliphatic heterocycles. The van der Waals surface area contributed by atoms with Crippen molar-refractivity contribution in [2.24, 2.45) is 5.92 Å². The van der Waals surface area contributed by atoms with Gasteiger partial charge in [0, 0.05) is 11.6 Å². The van der Waals surface area contributed by atoms with Gasteiger partial charge in [-0.25, -0.2) is 13.2 Å². The van der Waals surface area contributed by atoms with E-state index in [1.807, 2.05) is 0 Å². The highest BCUT2D eigenvalue weighted by molar-refractivity contribution is 5.89. The van der Waals surface area contributed by atoms with Gasteiger partial charge in [0.25, 0.3) is 0 Å². The largest absolute Gasteiger partial charge is 0.494 e. The lowest BCUT2D eigenvalue weighted by molar-refractivity contribution is -0.121. The number of fused-ring (bicyclic) bond motifs is 1. The van der Waals surface area contributed by atoms with E-state index < -0.39 is 6.04 Å². The number of halogens is 3. The van der Waals surface area contributed by atoms with Crippen LogP contribution in [0.1, 0.15) is 49.1 Å². The minimum absolute atomic E-state index is 0.0376. The van der Waals surface area contributed by atoms with Crippen LogP contribution in [0.15, 0.2) is 66.7 Å². The number of benzene rings is 3. The predicted molar refractivity (Wildman–Crippen MR) is 142 cm³/mol. The third-order valence-electron chi connectivity index (χ3n) is 7.82. The summed E-state index contributed by atoms with van der Waals surface area (Å²) in [6.45, 7) is 2.65. The molecule has 200 valence electrons. The van der Waals surface area contributed by atoms with Gasteiger partial charge in [-0.15, -0.1) is 0 Å². The summed E-state index contributed by atoms with van der Waals surface area (Å²) in [7, 11) is 0. The molecule has 5 rings (SSSR count). The van der Waals surface area contributed by atoms with E-state index in [-0.39, 0.29) is 29.2 Å². The molecule has 4 nitrogen and oxygen atoms in total. The van der Waals surface area contributed by atoms with Crippen molar-refractivity contribution < 1.29 is 22.7 Å². The lowest BCUT2D eigenvalue weighted by Gasteiger charge is -2.32. The molecule has 38 heavy (non-hydrogen) atoms. The van der Waals surface area contributed by atoms with Crippen LogP contribution in [0.2, 0.25) is 0 Å². The molecule has 2 heterocycles. The number of rotatable bonds is 8. The number of nitrogens with one attached hydrogen (secondary N) is 1. The summed E-state index contributed by atoms with van der Waals surface area (Å²) in [5.74, 6) is 0.354. The molecule has 0 spiro atoms. The second-order valence-corrected chi connectivity index (χ2v) is 10.4. The van der Waals surface area contributed by atoms with Crippen LogP contribution in [-0.4, -0.2) is 43.0 Å². The number of piperidine rings is 1. The van der Waals surface area contributed by atoms with E-state index in [4.69, 9.17) is 4.74 Å². The van der Waals surface area contributed by atoms with Crippen LogP contribution in [-0.2, 0) is 4.79 Å². The number of Topliss-reactive ketones (excluding diaryl/α,β-unsaturated/α-hetero) is 1. The van der Waals surface area contributed by atoms with Crippen LogP contribution in [0.4, 0.5) is 18.9 Å². The number of carbonyl (C=O) groups is 1. The number of anilines is 1. The summed E-state index contributed by atoms with van der Waals surface area (Å²) in [5.41, 5.74) is 2.52. The Kier molecular flexibility index (Phi) is 8.32. The Morgan fingerprint density at radius 1 is 0.842 bits per heavy atom. The van der Waals surface area contributed by atoms with Crippen LogP contribution >= 0.6 is 0 Å². The van der Waals surface area contributed by atoms with Crippen molar-refractivity contribution in [2.45, 2.75) is 44.1 Å². The lowest BCUT2D eigenvalue weighted by Crippen LogP contribution is -2.42. The van der Waals surface area contributed by atoms with Crippen molar-refractivity contribution in [1.29, 1.82) is 0 Å². The maximum absolute atomic E-state index is 14.1. The van der Waals surface area contributed by atoms with Gasteiger partial charge in [-0.1, -0.05) is 18.2 Å². The van der Waals surface area contributed by atoms with E-state index in [0.29, 0.717) is 43.3 Å². The summed E-state index contributed by atoms with van der Waals surface area (Å²) in [6.07, 6.45) is 4.26. The predicted octanol–water partition coefficient (Wildman–Crippen LogP) is 6.56. The second kappa shape index (κ2) is 12.0. The van der Waals surface area contributed by atoms with Gasteiger partial charge in [0.1, 0.15) is 23.2 Å².